The van der Waals surface area contributed by atoms with Crippen molar-refractivity contribution >= 4 is 17.2 Å². The molecule has 0 spiro atoms. The van der Waals surface area contributed by atoms with Crippen molar-refractivity contribution in [2.75, 3.05) is 0 Å². The van der Waals surface area contributed by atoms with E-state index in [9.17, 15) is 0 Å². The minimum atomic E-state index is -0.260. The van der Waals surface area contributed by atoms with E-state index in [-0.39, 0.29) is 6.17 Å². The van der Waals surface area contributed by atoms with Crippen molar-refractivity contribution in [2.45, 2.75) is 20.0 Å². The number of hydrogen-bond acceptors (Lipinski definition) is 3. The molecule has 0 N–H and O–H groups in total. The summed E-state index contributed by atoms with van der Waals surface area (Å²) in [5, 5.41) is 8.66. The van der Waals surface area contributed by atoms with Crippen molar-refractivity contribution < 1.29 is 0 Å². The summed E-state index contributed by atoms with van der Waals surface area (Å²) in [5.74, 6) is 0. The minimum absolute atomic E-state index is 0.260. The Balaban J connectivity index is 1.79. The molecule has 0 bridgehead atoms. The summed E-state index contributed by atoms with van der Waals surface area (Å²) < 4.78 is 1.88. The Morgan fingerprint density at radius 1 is 0.846 bits per heavy atom. The summed E-state index contributed by atoms with van der Waals surface area (Å²) in [6.45, 7) is 4.16. The molecule has 0 aliphatic rings. The van der Waals surface area contributed by atoms with E-state index in [0.29, 0.717) is 0 Å². The number of benzene rings is 3. The van der Waals surface area contributed by atoms with Gasteiger partial charge in [0, 0.05) is 6.21 Å². The number of aromatic nitrogens is 3. The molecule has 0 fully saturated rings. The van der Waals surface area contributed by atoms with Gasteiger partial charge in [-0.3, -0.25) is 4.99 Å². The van der Waals surface area contributed by atoms with Crippen molar-refractivity contribution in [3.05, 3.63) is 95.1 Å². The molecular weight excluding hydrogens is 320 g/mol. The molecule has 4 nitrogen and oxygen atoms in total. The van der Waals surface area contributed by atoms with Gasteiger partial charge in [-0.25, -0.2) is 4.68 Å². The molecule has 4 rings (SSSR count). The highest BCUT2D eigenvalue weighted by atomic mass is 15.5. The minimum Gasteiger partial charge on any atom is -0.261 e. The highest BCUT2D eigenvalue weighted by Crippen LogP contribution is 2.24. The molecule has 4 heteroatoms. The molecule has 0 amide bonds. The predicted molar refractivity (Wildman–Crippen MR) is 106 cm³/mol. The largest absolute Gasteiger partial charge is 0.261 e. The van der Waals surface area contributed by atoms with Gasteiger partial charge >= 0.3 is 0 Å². The van der Waals surface area contributed by atoms with E-state index in [1.807, 2.05) is 35.2 Å². The maximum Gasteiger partial charge on any atom is 0.169 e. The maximum absolute atomic E-state index is 4.85. The molecule has 0 aliphatic heterocycles. The van der Waals surface area contributed by atoms with Crippen LogP contribution >= 0.6 is 0 Å². The van der Waals surface area contributed by atoms with Crippen LogP contribution in [0.15, 0.2) is 77.8 Å². The molecule has 0 saturated carbocycles. The summed E-state index contributed by atoms with van der Waals surface area (Å²) in [4.78, 5) is 4.85. The molecule has 1 aromatic heterocycles. The van der Waals surface area contributed by atoms with Crippen molar-refractivity contribution in [2.24, 2.45) is 4.99 Å². The number of aryl methyl sites for hydroxylation is 2. The summed E-state index contributed by atoms with van der Waals surface area (Å²) in [5.41, 5.74) is 6.44. The number of nitrogens with zero attached hydrogens (tertiary/aromatic N) is 4. The van der Waals surface area contributed by atoms with Crippen LogP contribution in [0.3, 0.4) is 0 Å². The van der Waals surface area contributed by atoms with Gasteiger partial charge in [-0.05, 0) is 37.1 Å². The summed E-state index contributed by atoms with van der Waals surface area (Å²) in [6.07, 6.45) is 1.64. The van der Waals surface area contributed by atoms with Gasteiger partial charge in [0.25, 0.3) is 0 Å². The molecule has 1 atom stereocenters. The average molecular weight is 340 g/mol. The topological polar surface area (TPSA) is 43.1 Å². The molecular formula is C22H20N4. The zero-order chi connectivity index (χ0) is 17.9. The Labute approximate surface area is 152 Å². The van der Waals surface area contributed by atoms with Crippen LogP contribution in [0.5, 0.6) is 0 Å². The second-order valence-electron chi connectivity index (χ2n) is 6.50. The summed E-state index contributed by atoms with van der Waals surface area (Å²) >= 11 is 0. The third-order valence-corrected chi connectivity index (χ3v) is 4.43. The predicted octanol–water partition coefficient (Wildman–Crippen LogP) is 4.71. The van der Waals surface area contributed by atoms with Crippen LogP contribution in [0.2, 0.25) is 0 Å². The Hall–Kier alpha value is -3.27. The quantitative estimate of drug-likeness (QED) is 0.505. The lowest BCUT2D eigenvalue weighted by Gasteiger charge is -2.14. The van der Waals surface area contributed by atoms with Crippen LogP contribution < -0.4 is 0 Å². The number of rotatable bonds is 4. The summed E-state index contributed by atoms with van der Waals surface area (Å²) in [6, 6.07) is 24.7. The lowest BCUT2D eigenvalue weighted by atomic mass is 10.1. The van der Waals surface area contributed by atoms with Gasteiger partial charge < -0.3 is 0 Å². The fourth-order valence-corrected chi connectivity index (χ4v) is 2.91. The lowest BCUT2D eigenvalue weighted by molar-refractivity contribution is 0.543. The normalized spacial score (nSPS) is 12.7. The van der Waals surface area contributed by atoms with Crippen LogP contribution in [0.1, 0.15) is 28.4 Å². The van der Waals surface area contributed by atoms with Crippen molar-refractivity contribution in [1.29, 1.82) is 0 Å². The van der Waals surface area contributed by atoms with E-state index >= 15 is 0 Å². The SMILES string of the molecule is Cc1ccc(/C=N\C(c2ccc(C)cc2)n2nnc3ccccc32)cc1. The zero-order valence-electron chi connectivity index (χ0n) is 14.9. The number of hydrogen-bond donors (Lipinski definition) is 0. The van der Waals surface area contributed by atoms with Crippen LogP contribution in [-0.4, -0.2) is 21.2 Å². The highest BCUT2D eigenvalue weighted by molar-refractivity contribution is 5.80. The van der Waals surface area contributed by atoms with Crippen LogP contribution in [0.25, 0.3) is 11.0 Å². The van der Waals surface area contributed by atoms with Gasteiger partial charge in [0.15, 0.2) is 6.17 Å². The molecule has 0 aliphatic carbocycles. The smallest absolute Gasteiger partial charge is 0.169 e. The molecule has 3 aromatic carbocycles. The fourth-order valence-electron chi connectivity index (χ4n) is 2.91. The molecule has 0 radical (unpaired) electrons. The van der Waals surface area contributed by atoms with Gasteiger partial charge in [-0.1, -0.05) is 77.0 Å². The summed E-state index contributed by atoms with van der Waals surface area (Å²) in [7, 11) is 0. The van der Waals surface area contributed by atoms with Gasteiger partial charge in [0.05, 0.1) is 5.52 Å². The van der Waals surface area contributed by atoms with Crippen molar-refractivity contribution in [3.63, 3.8) is 0 Å². The number of fused-ring (bicyclic) bond motifs is 1. The van der Waals surface area contributed by atoms with Gasteiger partial charge in [0.1, 0.15) is 5.52 Å². The first-order chi connectivity index (χ1) is 12.7. The third-order valence-electron chi connectivity index (χ3n) is 4.43. The fraction of sp³-hybridized carbons (Fsp3) is 0.136. The maximum atomic E-state index is 4.85. The molecule has 0 saturated heterocycles. The van der Waals surface area contributed by atoms with E-state index in [2.05, 4.69) is 72.7 Å². The second-order valence-corrected chi connectivity index (χ2v) is 6.50. The molecule has 1 heterocycles. The first kappa shape index (κ1) is 16.2. The number of aliphatic imine (C=N–C) groups is 1. The van der Waals surface area contributed by atoms with E-state index in [1.54, 1.807) is 0 Å². The Bertz CT molecular complexity index is 1040. The second kappa shape index (κ2) is 6.92. The average Bonchev–Trinajstić information content (AvgIpc) is 3.09. The number of para-hydroxylation sites is 1. The van der Waals surface area contributed by atoms with E-state index in [0.717, 1.165) is 22.2 Å². The Morgan fingerprint density at radius 2 is 1.50 bits per heavy atom. The lowest BCUT2D eigenvalue weighted by Crippen LogP contribution is -2.11. The standard InChI is InChI=1S/C22H20N4/c1-16-7-11-18(12-8-16)15-23-22(19-13-9-17(2)10-14-19)26-21-6-4-3-5-20(21)24-25-26/h3-15,22H,1-2H3/b23-15-. The molecule has 128 valence electrons. The molecule has 4 aromatic rings. The van der Waals surface area contributed by atoms with Crippen LogP contribution in [-0.2, 0) is 0 Å². The Morgan fingerprint density at radius 3 is 2.23 bits per heavy atom. The van der Waals surface area contributed by atoms with E-state index in [4.69, 9.17) is 4.99 Å². The third kappa shape index (κ3) is 3.26. The van der Waals surface area contributed by atoms with Gasteiger partial charge in [-0.2, -0.15) is 0 Å². The molecule has 26 heavy (non-hydrogen) atoms. The Kier molecular flexibility index (Phi) is 4.32. The first-order valence-electron chi connectivity index (χ1n) is 8.67. The monoisotopic (exact) mass is 340 g/mol. The van der Waals surface area contributed by atoms with Crippen LogP contribution in [0, 0.1) is 13.8 Å². The van der Waals surface area contributed by atoms with Gasteiger partial charge in [-0.15, -0.1) is 5.10 Å². The molecule has 1 unspecified atom stereocenters. The van der Waals surface area contributed by atoms with E-state index < -0.39 is 0 Å². The van der Waals surface area contributed by atoms with Crippen molar-refractivity contribution in [3.8, 4) is 0 Å². The van der Waals surface area contributed by atoms with Crippen molar-refractivity contribution in [1.82, 2.24) is 15.0 Å². The first-order valence-corrected chi connectivity index (χ1v) is 8.67. The van der Waals surface area contributed by atoms with Crippen LogP contribution in [0.4, 0.5) is 0 Å². The van der Waals surface area contributed by atoms with Gasteiger partial charge in [0.2, 0.25) is 0 Å². The zero-order valence-corrected chi connectivity index (χ0v) is 14.9. The highest BCUT2D eigenvalue weighted by Gasteiger charge is 2.16. The van der Waals surface area contributed by atoms with E-state index in [1.165, 1.54) is 11.1 Å².